The fourth-order valence-corrected chi connectivity index (χ4v) is 9.29. The molecule has 4 saturated heterocycles. The number of aromatic nitrogens is 3. The van der Waals surface area contributed by atoms with E-state index in [1.807, 2.05) is 11.0 Å². The predicted molar refractivity (Wildman–Crippen MR) is 192 cm³/mol. The number of methoxy groups -OCH3 is 2. The van der Waals surface area contributed by atoms with Crippen molar-refractivity contribution in [3.8, 4) is 45.4 Å². The van der Waals surface area contributed by atoms with Crippen LogP contribution in [0.3, 0.4) is 0 Å². The van der Waals surface area contributed by atoms with Crippen molar-refractivity contribution in [2.24, 2.45) is 5.41 Å². The standard InChI is InChI=1S/C40H41F2N7O4/c1-23(50)48-19-39(20-48)17-47(18-39)16-31-37(52-2)45-30(15-43-31)28-9-5-7-26(36(28)42)25-6-4-8-27(35(25)41)29-14-24-10-11-32(34(24)38(44-29)53-3)49-21-40(22-49)13-12-33(51)46-40/h4-9,14-15,32H,10-13,16-22H2,1-3H3,(H,46,51)/t32-/m0/s1. The molecule has 1 aliphatic carbocycles. The first-order chi connectivity index (χ1) is 25.6. The van der Waals surface area contributed by atoms with Gasteiger partial charge in [0.05, 0.1) is 37.3 Å². The molecule has 53 heavy (non-hydrogen) atoms. The molecule has 4 fully saturated rings. The molecule has 2 amide bonds. The smallest absolute Gasteiger partial charge is 0.237 e. The molecule has 5 aliphatic rings. The van der Waals surface area contributed by atoms with Gasteiger partial charge in [-0.25, -0.2) is 18.7 Å². The normalized spacial score (nSPS) is 21.2. The molecule has 11 nitrogen and oxygen atoms in total. The van der Waals surface area contributed by atoms with Crippen molar-refractivity contribution >= 4 is 11.8 Å². The molecule has 13 heteroatoms. The Balaban J connectivity index is 0.956. The number of rotatable bonds is 8. The molecule has 9 rings (SSSR count). The average molecular weight is 722 g/mol. The summed E-state index contributed by atoms with van der Waals surface area (Å²) in [6.45, 7) is 6.99. The lowest BCUT2D eigenvalue weighted by Crippen LogP contribution is -2.72. The van der Waals surface area contributed by atoms with Gasteiger partial charge in [0.2, 0.25) is 23.6 Å². The number of hydrogen-bond donors (Lipinski definition) is 1. The van der Waals surface area contributed by atoms with Crippen molar-refractivity contribution in [1.29, 1.82) is 0 Å². The van der Waals surface area contributed by atoms with Crippen LogP contribution in [-0.4, -0.2) is 100 Å². The Labute approximate surface area is 306 Å². The van der Waals surface area contributed by atoms with Crippen LogP contribution in [-0.2, 0) is 22.6 Å². The molecule has 0 unspecified atom stereocenters. The topological polar surface area (TPSA) is 113 Å². The summed E-state index contributed by atoms with van der Waals surface area (Å²) in [5.74, 6) is -0.221. The van der Waals surface area contributed by atoms with Gasteiger partial charge in [-0.15, -0.1) is 0 Å². The minimum Gasteiger partial charge on any atom is -0.481 e. The fourth-order valence-electron chi connectivity index (χ4n) is 9.29. The van der Waals surface area contributed by atoms with E-state index in [2.05, 4.69) is 25.1 Å². The van der Waals surface area contributed by atoms with Crippen molar-refractivity contribution in [3.63, 3.8) is 0 Å². The number of halogens is 2. The minimum atomic E-state index is -0.620. The molecule has 2 spiro atoms. The first-order valence-corrected chi connectivity index (χ1v) is 18.2. The number of aryl methyl sites for hydroxylation is 1. The summed E-state index contributed by atoms with van der Waals surface area (Å²) < 4.78 is 44.3. The van der Waals surface area contributed by atoms with Crippen molar-refractivity contribution in [1.82, 2.24) is 35.0 Å². The van der Waals surface area contributed by atoms with Crippen molar-refractivity contribution < 1.29 is 27.8 Å². The largest absolute Gasteiger partial charge is 0.481 e. The number of amides is 2. The fraction of sp³-hybridized carbons (Fsp3) is 0.425. The summed E-state index contributed by atoms with van der Waals surface area (Å²) in [4.78, 5) is 44.0. The predicted octanol–water partition coefficient (Wildman–Crippen LogP) is 4.78. The number of carbonyl (C=O) groups excluding carboxylic acids is 2. The molecule has 0 saturated carbocycles. The van der Waals surface area contributed by atoms with Gasteiger partial charge in [0, 0.05) is 98.4 Å². The maximum atomic E-state index is 16.5. The van der Waals surface area contributed by atoms with Crippen LogP contribution in [0.25, 0.3) is 33.6 Å². The van der Waals surface area contributed by atoms with Crippen LogP contribution in [0.5, 0.6) is 11.8 Å². The summed E-state index contributed by atoms with van der Waals surface area (Å²) in [6, 6.07) is 11.8. The van der Waals surface area contributed by atoms with Gasteiger partial charge in [0.25, 0.3) is 0 Å². The second-order valence-corrected chi connectivity index (χ2v) is 15.4. The zero-order chi connectivity index (χ0) is 36.6. The van der Waals surface area contributed by atoms with Gasteiger partial charge in [-0.3, -0.25) is 24.4 Å². The van der Waals surface area contributed by atoms with E-state index in [0.29, 0.717) is 36.1 Å². The zero-order valence-electron chi connectivity index (χ0n) is 30.0. The van der Waals surface area contributed by atoms with Crippen molar-refractivity contribution in [3.05, 3.63) is 77.1 Å². The maximum absolute atomic E-state index is 16.5. The summed E-state index contributed by atoms with van der Waals surface area (Å²) in [7, 11) is 3.09. The number of hydrogen-bond acceptors (Lipinski definition) is 9. The van der Waals surface area contributed by atoms with Gasteiger partial charge in [-0.05, 0) is 43.0 Å². The quantitative estimate of drug-likeness (QED) is 0.275. The lowest BCUT2D eigenvalue weighted by Gasteiger charge is -2.60. The van der Waals surface area contributed by atoms with Gasteiger partial charge >= 0.3 is 0 Å². The Kier molecular flexibility index (Phi) is 8.00. The third kappa shape index (κ3) is 5.63. The van der Waals surface area contributed by atoms with E-state index in [0.717, 1.165) is 69.7 Å². The third-order valence-corrected chi connectivity index (χ3v) is 11.8. The maximum Gasteiger partial charge on any atom is 0.237 e. The number of fused-ring (bicyclic) bond motifs is 1. The van der Waals surface area contributed by atoms with Gasteiger partial charge in [-0.1, -0.05) is 24.3 Å². The minimum absolute atomic E-state index is 0.0941. The Morgan fingerprint density at radius 2 is 1.53 bits per heavy atom. The lowest BCUT2D eigenvalue weighted by atomic mass is 9.73. The van der Waals surface area contributed by atoms with Crippen molar-refractivity contribution in [2.75, 3.05) is 53.5 Å². The van der Waals surface area contributed by atoms with Crippen LogP contribution < -0.4 is 14.8 Å². The molecule has 0 radical (unpaired) electrons. The van der Waals surface area contributed by atoms with Crippen LogP contribution in [0.2, 0.25) is 0 Å². The number of nitrogens with zero attached hydrogens (tertiary/aromatic N) is 6. The summed E-state index contributed by atoms with van der Waals surface area (Å²) in [5, 5.41) is 3.15. The molecule has 2 aromatic heterocycles. The molecule has 2 aromatic carbocycles. The van der Waals surface area contributed by atoms with E-state index in [1.165, 1.54) is 13.3 Å². The molecule has 0 bridgehead atoms. The number of nitrogens with one attached hydrogen (secondary N) is 1. The highest BCUT2D eigenvalue weighted by atomic mass is 19.1. The molecule has 274 valence electrons. The molecule has 4 aromatic rings. The van der Waals surface area contributed by atoms with Crippen LogP contribution in [0.15, 0.2) is 48.7 Å². The summed E-state index contributed by atoms with van der Waals surface area (Å²) in [6.07, 6.45) is 4.63. The van der Waals surface area contributed by atoms with Gasteiger partial charge in [-0.2, -0.15) is 0 Å². The Morgan fingerprint density at radius 3 is 2.15 bits per heavy atom. The van der Waals surface area contributed by atoms with Gasteiger partial charge in [0.1, 0.15) is 17.3 Å². The van der Waals surface area contributed by atoms with E-state index >= 15 is 8.78 Å². The van der Waals surface area contributed by atoms with E-state index in [1.54, 1.807) is 50.4 Å². The van der Waals surface area contributed by atoms with E-state index in [4.69, 9.17) is 14.5 Å². The second-order valence-electron chi connectivity index (χ2n) is 15.4. The Morgan fingerprint density at radius 1 is 0.887 bits per heavy atom. The summed E-state index contributed by atoms with van der Waals surface area (Å²) >= 11 is 0. The molecule has 1 atom stereocenters. The number of pyridine rings is 1. The van der Waals surface area contributed by atoms with Crippen LogP contribution in [0, 0.1) is 17.0 Å². The molecule has 4 aliphatic heterocycles. The lowest BCUT2D eigenvalue weighted by molar-refractivity contribution is -0.157. The van der Waals surface area contributed by atoms with E-state index in [9.17, 15) is 9.59 Å². The molecular weight excluding hydrogens is 680 g/mol. The highest BCUT2D eigenvalue weighted by Gasteiger charge is 2.53. The number of likely N-dealkylation sites (tertiary alicyclic amines) is 3. The SMILES string of the molecule is COc1nc(-c2cccc(-c3cccc(-c4cc5c(c(OC)n4)[C@@H](N4CC6(CCC(=O)N6)C4)CC5)c3F)c2F)cnc1CN1CC2(C1)CN(C(C)=O)C2. The number of benzene rings is 2. The monoisotopic (exact) mass is 721 g/mol. The molecule has 1 N–H and O–H groups in total. The van der Waals surface area contributed by atoms with Gasteiger partial charge < -0.3 is 19.7 Å². The van der Waals surface area contributed by atoms with E-state index in [-0.39, 0.29) is 56.8 Å². The second kappa shape index (κ2) is 12.6. The van der Waals surface area contributed by atoms with Gasteiger partial charge in [0.15, 0.2) is 0 Å². The molecule has 6 heterocycles. The number of carbonyl (C=O) groups is 2. The Hall–Kier alpha value is -5.01. The average Bonchev–Trinajstić information content (AvgIpc) is 3.71. The van der Waals surface area contributed by atoms with Crippen molar-refractivity contribution in [2.45, 2.75) is 50.7 Å². The molecular formula is C40H41F2N7O4. The highest BCUT2D eigenvalue weighted by Crippen LogP contribution is 2.47. The van der Waals surface area contributed by atoms with E-state index < -0.39 is 11.6 Å². The van der Waals surface area contributed by atoms with Crippen LogP contribution >= 0.6 is 0 Å². The first kappa shape index (κ1) is 33.8. The van der Waals surface area contributed by atoms with Crippen LogP contribution in [0.4, 0.5) is 8.78 Å². The highest BCUT2D eigenvalue weighted by molar-refractivity contribution is 5.80. The summed E-state index contributed by atoms with van der Waals surface area (Å²) in [5.41, 5.74) is 4.07. The number of ether oxygens (including phenoxy) is 2. The third-order valence-electron chi connectivity index (χ3n) is 11.8. The zero-order valence-corrected chi connectivity index (χ0v) is 30.0. The Bertz CT molecular complexity index is 2160. The van der Waals surface area contributed by atoms with Crippen LogP contribution in [0.1, 0.15) is 49.0 Å². The first-order valence-electron chi connectivity index (χ1n) is 18.2.